The molecular formula is C96H61N3OS. The van der Waals surface area contributed by atoms with Crippen LogP contribution in [0.25, 0.3) is 174 Å². The van der Waals surface area contributed by atoms with Crippen molar-refractivity contribution in [1.29, 1.82) is 0 Å². The summed E-state index contributed by atoms with van der Waals surface area (Å²) in [5.41, 5.74) is 19.3. The van der Waals surface area contributed by atoms with Crippen molar-refractivity contribution in [1.82, 2.24) is 9.13 Å². The van der Waals surface area contributed by atoms with Crippen molar-refractivity contribution in [3.8, 4) is 55.9 Å². The molecule has 0 saturated carbocycles. The van der Waals surface area contributed by atoms with E-state index < -0.39 is 6.04 Å². The minimum Gasteiger partial charge on any atom is -0.456 e. The molecule has 0 saturated heterocycles. The van der Waals surface area contributed by atoms with Crippen molar-refractivity contribution < 1.29 is 11.3 Å². The predicted octanol–water partition coefficient (Wildman–Crippen LogP) is 27.4. The van der Waals surface area contributed by atoms with Gasteiger partial charge >= 0.3 is 0 Å². The lowest BCUT2D eigenvalue weighted by molar-refractivity contribution is 0.669. The molecule has 0 fully saturated rings. The van der Waals surface area contributed by atoms with Crippen LogP contribution in [-0.4, -0.2) is 9.13 Å². The van der Waals surface area contributed by atoms with E-state index in [4.69, 9.17) is 11.3 Å². The van der Waals surface area contributed by atoms with E-state index in [1.54, 1.807) is 0 Å². The second-order valence-electron chi connectivity index (χ2n) is 25.9. The Labute approximate surface area is 594 Å². The molecule has 472 valence electrons. The number of anilines is 3. The van der Waals surface area contributed by atoms with Gasteiger partial charge in [-0.1, -0.05) is 255 Å². The molecule has 21 rings (SSSR count). The maximum atomic E-state index is 9.05. The highest BCUT2D eigenvalue weighted by atomic mass is 32.1. The zero-order valence-corrected chi connectivity index (χ0v) is 55.3. The summed E-state index contributed by atoms with van der Waals surface area (Å²) in [5.74, 6) is 0. The van der Waals surface area contributed by atoms with E-state index in [2.05, 4.69) is 319 Å². The van der Waals surface area contributed by atoms with Crippen LogP contribution in [-0.2, 0) is 0 Å². The normalized spacial score (nSPS) is 12.5. The van der Waals surface area contributed by atoms with Crippen LogP contribution in [0.3, 0.4) is 0 Å². The number of nitrogens with zero attached hydrogens (tertiary/aromatic N) is 3. The fraction of sp³-hybridized carbons (Fsp3) is 0. The summed E-state index contributed by atoms with van der Waals surface area (Å²) >= 11 is 1.86. The van der Waals surface area contributed by atoms with Crippen LogP contribution in [0.1, 0.15) is 6.85 Å². The Hall–Kier alpha value is -13.1. The Balaban J connectivity index is 0.000000142. The van der Waals surface area contributed by atoms with Crippen molar-refractivity contribution in [3.05, 3.63) is 370 Å². The highest BCUT2D eigenvalue weighted by Crippen LogP contribution is 2.47. The minimum absolute atomic E-state index is 0.133. The largest absolute Gasteiger partial charge is 0.456 e. The molecular weight excluding hydrogens is 1240 g/mol. The average molecular weight is 1310 g/mol. The third kappa shape index (κ3) is 9.80. The Morgan fingerprint density at radius 3 is 1.53 bits per heavy atom. The highest BCUT2D eigenvalue weighted by Gasteiger charge is 2.23. The molecule has 0 aliphatic rings. The van der Waals surface area contributed by atoms with Gasteiger partial charge in [0.1, 0.15) is 11.2 Å². The van der Waals surface area contributed by atoms with Crippen molar-refractivity contribution in [2.45, 2.75) is 0 Å². The van der Waals surface area contributed by atoms with Crippen LogP contribution in [0.5, 0.6) is 0 Å². The molecule has 4 nitrogen and oxygen atoms in total. The number of fused-ring (bicyclic) bond motifs is 16. The molecule has 4 aromatic heterocycles. The first-order valence-corrected chi connectivity index (χ1v) is 34.9. The number of furan rings is 1. The summed E-state index contributed by atoms with van der Waals surface area (Å²) in [6.07, 6.45) is 0. The summed E-state index contributed by atoms with van der Waals surface area (Å²) < 4.78 is 56.7. The average Bonchev–Trinajstić information content (AvgIpc) is 1.54. The molecule has 0 spiro atoms. The van der Waals surface area contributed by atoms with E-state index in [0.717, 1.165) is 110 Å². The summed E-state index contributed by atoms with van der Waals surface area (Å²) in [4.78, 5) is 2.38. The number of benzene rings is 17. The number of rotatable bonds is 9. The monoisotopic (exact) mass is 1310 g/mol. The van der Waals surface area contributed by atoms with Crippen molar-refractivity contribution >= 4 is 146 Å². The fourth-order valence-corrected chi connectivity index (χ4v) is 16.7. The molecule has 4 heterocycles. The Morgan fingerprint density at radius 2 is 0.812 bits per heavy atom. The standard InChI is InChI=1S/C50H32N2.C46H29NOS/c1-3-13-33(14-4-1)38-28-29-39(42-20-10-9-19-41(38)42)35-23-26-37(27-24-35)51-46-22-12-11-21-43(46)44-31-45-49(32-48(44)51)52(36-16-5-2-6-17-36)47-30-25-34-15-7-8-18-40(34)50(45)47;1-3-10-30(11-4-1)31-18-20-35(21-19-31)47(36-22-24-42-40(28-36)39-26-33-14-7-8-15-34(33)27-43(39)48-42)37-23-25-44-41(29-37)46-38(16-9-17-45(46)49-44)32-12-5-2-6-13-32/h1-32H;1-29H/i2D,5D,6D,16D,17D;. The second-order valence-corrected chi connectivity index (χ2v) is 27.0. The SMILES string of the molecule is [2H]c1c([2H])c([2H])c(-n2c3cc4c(cc3c3c5ccccc5ccc32)c2ccccc2n4-c2ccc(-c3ccc(-c4ccccc4)c4ccccc34)cc2)c([2H])c1[2H].c1ccc(-c2ccc(N(c3ccc4oc5cc6ccccc6cc5c4c3)c3ccc4sc5cccc(-c6ccccc6)c5c4c3)cc2)cc1. The number of aromatic nitrogens is 2. The van der Waals surface area contributed by atoms with E-state index in [9.17, 15) is 0 Å². The lowest BCUT2D eigenvalue weighted by Crippen LogP contribution is -2.09. The van der Waals surface area contributed by atoms with Crippen LogP contribution in [0.2, 0.25) is 0 Å². The first-order chi connectivity index (χ1) is 52.1. The molecule has 21 aromatic rings. The van der Waals surface area contributed by atoms with Crippen molar-refractivity contribution in [3.63, 3.8) is 0 Å². The topological polar surface area (TPSA) is 26.2 Å². The van der Waals surface area contributed by atoms with Crippen LogP contribution in [0.4, 0.5) is 17.1 Å². The molecule has 0 aliphatic heterocycles. The van der Waals surface area contributed by atoms with Gasteiger partial charge in [0, 0.05) is 80.9 Å². The van der Waals surface area contributed by atoms with Crippen LogP contribution in [0.15, 0.2) is 374 Å². The Kier molecular flexibility index (Phi) is 12.5. The Morgan fingerprint density at radius 1 is 0.267 bits per heavy atom. The van der Waals surface area contributed by atoms with Crippen molar-refractivity contribution in [2.75, 3.05) is 4.90 Å². The smallest absolute Gasteiger partial charge is 0.136 e. The number of hydrogen-bond donors (Lipinski definition) is 0. The summed E-state index contributed by atoms with van der Waals surface area (Å²) in [5, 5.41) is 15.8. The number of thiophene rings is 1. The minimum atomic E-state index is -0.411. The number of para-hydroxylation sites is 2. The molecule has 5 heteroatoms. The summed E-state index contributed by atoms with van der Waals surface area (Å²) in [7, 11) is 0. The van der Waals surface area contributed by atoms with Crippen LogP contribution >= 0.6 is 11.3 Å². The first kappa shape index (κ1) is 53.0. The van der Waals surface area contributed by atoms with Gasteiger partial charge in [-0.15, -0.1) is 11.3 Å². The third-order valence-electron chi connectivity index (χ3n) is 20.2. The lowest BCUT2D eigenvalue weighted by atomic mass is 9.92. The van der Waals surface area contributed by atoms with E-state index in [-0.39, 0.29) is 29.9 Å². The van der Waals surface area contributed by atoms with Gasteiger partial charge in [-0.3, -0.25) is 0 Å². The van der Waals surface area contributed by atoms with Crippen molar-refractivity contribution in [2.24, 2.45) is 0 Å². The predicted molar refractivity (Wildman–Crippen MR) is 431 cm³/mol. The highest BCUT2D eigenvalue weighted by molar-refractivity contribution is 7.26. The van der Waals surface area contributed by atoms with Gasteiger partial charge in [0.25, 0.3) is 0 Å². The van der Waals surface area contributed by atoms with Gasteiger partial charge in [0.15, 0.2) is 0 Å². The van der Waals surface area contributed by atoms with E-state index >= 15 is 0 Å². The Bertz CT molecular complexity index is 7100. The maximum absolute atomic E-state index is 9.05. The zero-order valence-electron chi connectivity index (χ0n) is 59.5. The first-order valence-electron chi connectivity index (χ1n) is 36.6. The van der Waals surface area contributed by atoms with E-state index in [0.29, 0.717) is 0 Å². The van der Waals surface area contributed by atoms with Crippen LogP contribution in [0, 0.1) is 0 Å². The lowest BCUT2D eigenvalue weighted by Gasteiger charge is -2.26. The fourth-order valence-electron chi connectivity index (χ4n) is 15.6. The summed E-state index contributed by atoms with van der Waals surface area (Å²) in [6.45, 7) is 0. The molecule has 0 unspecified atom stereocenters. The van der Waals surface area contributed by atoms with Gasteiger partial charge in [0.05, 0.1) is 28.9 Å². The zero-order chi connectivity index (χ0) is 70.8. The molecule has 0 aliphatic carbocycles. The summed E-state index contributed by atoms with van der Waals surface area (Å²) in [6, 6.07) is 119. The van der Waals surface area contributed by atoms with Gasteiger partial charge in [0.2, 0.25) is 0 Å². The third-order valence-corrected chi connectivity index (χ3v) is 21.4. The molecule has 101 heavy (non-hydrogen) atoms. The molecule has 0 bridgehead atoms. The van der Waals surface area contributed by atoms with Gasteiger partial charge in [-0.25, -0.2) is 0 Å². The number of hydrogen-bond acceptors (Lipinski definition) is 3. The van der Waals surface area contributed by atoms with E-state index in [1.807, 2.05) is 46.2 Å². The van der Waals surface area contributed by atoms with Gasteiger partial charge < -0.3 is 18.5 Å². The van der Waals surface area contributed by atoms with Gasteiger partial charge in [-0.2, -0.15) is 0 Å². The molecule has 0 atom stereocenters. The molecule has 0 amide bonds. The van der Waals surface area contributed by atoms with Gasteiger partial charge in [-0.05, 0) is 192 Å². The second kappa shape index (κ2) is 23.9. The quantitative estimate of drug-likeness (QED) is 0.144. The molecule has 17 aromatic carbocycles. The van der Waals surface area contributed by atoms with Crippen LogP contribution < -0.4 is 4.90 Å². The maximum Gasteiger partial charge on any atom is 0.136 e. The molecule has 0 radical (unpaired) electrons. The van der Waals surface area contributed by atoms with E-state index in [1.165, 1.54) is 75.1 Å². The molecule has 0 N–H and O–H groups in total.